The molecule has 0 aromatic carbocycles. The van der Waals surface area contributed by atoms with Gasteiger partial charge in [0.15, 0.2) is 5.96 Å². The summed E-state index contributed by atoms with van der Waals surface area (Å²) >= 11 is 0. The molecule has 1 aromatic rings. The van der Waals surface area contributed by atoms with Crippen LogP contribution in [0, 0.1) is 0 Å². The van der Waals surface area contributed by atoms with Crippen LogP contribution in [0.15, 0.2) is 23.3 Å². The monoisotopic (exact) mass is 334 g/mol. The average molecular weight is 334 g/mol. The van der Waals surface area contributed by atoms with Crippen LogP contribution in [0.2, 0.25) is 0 Å². The Labute approximate surface area is 144 Å². The van der Waals surface area contributed by atoms with Crippen molar-refractivity contribution in [3.8, 4) is 5.88 Å². The summed E-state index contributed by atoms with van der Waals surface area (Å²) in [6, 6.07) is 4.26. The first-order valence-corrected chi connectivity index (χ1v) is 8.91. The fourth-order valence-corrected chi connectivity index (χ4v) is 2.72. The molecule has 0 radical (unpaired) electrons. The third-order valence-electron chi connectivity index (χ3n) is 3.96. The summed E-state index contributed by atoms with van der Waals surface area (Å²) in [5.41, 5.74) is 1.04. The van der Waals surface area contributed by atoms with E-state index in [1.54, 1.807) is 0 Å². The van der Waals surface area contributed by atoms with Crippen LogP contribution >= 0.6 is 0 Å². The number of nitrogens with zero attached hydrogens (tertiary/aromatic N) is 2. The maximum atomic E-state index is 9.60. The summed E-state index contributed by atoms with van der Waals surface area (Å²) in [6.07, 6.45) is 5.47. The summed E-state index contributed by atoms with van der Waals surface area (Å²) in [5.74, 6) is 1.46. The van der Waals surface area contributed by atoms with E-state index in [2.05, 4.69) is 27.5 Å². The average Bonchev–Trinajstić information content (AvgIpc) is 2.56. The Morgan fingerprint density at radius 2 is 2.08 bits per heavy atom. The molecule has 1 aliphatic rings. The Morgan fingerprint density at radius 1 is 1.33 bits per heavy atom. The van der Waals surface area contributed by atoms with Crippen LogP contribution in [0.5, 0.6) is 5.88 Å². The van der Waals surface area contributed by atoms with Crippen molar-refractivity contribution in [1.82, 2.24) is 15.6 Å². The highest BCUT2D eigenvalue weighted by Crippen LogP contribution is 2.18. The Morgan fingerprint density at radius 3 is 2.67 bits per heavy atom. The van der Waals surface area contributed by atoms with Crippen LogP contribution in [-0.2, 0) is 6.54 Å². The molecule has 24 heavy (non-hydrogen) atoms. The third kappa shape index (κ3) is 6.35. The Balaban J connectivity index is 1.90. The number of hydrogen-bond acceptors (Lipinski definition) is 4. The molecule has 2 rings (SSSR count). The lowest BCUT2D eigenvalue weighted by Crippen LogP contribution is -2.45. The van der Waals surface area contributed by atoms with Gasteiger partial charge in [0.05, 0.1) is 18.8 Å². The highest BCUT2D eigenvalue weighted by atomic mass is 16.5. The van der Waals surface area contributed by atoms with Crippen LogP contribution in [-0.4, -0.2) is 40.8 Å². The second kappa shape index (κ2) is 9.47. The Bertz CT molecular complexity index is 508. The molecule has 134 valence electrons. The first-order chi connectivity index (χ1) is 11.6. The van der Waals surface area contributed by atoms with Crippen LogP contribution in [0.4, 0.5) is 0 Å². The molecule has 0 amide bonds. The lowest BCUT2D eigenvalue weighted by Gasteiger charge is -2.27. The van der Waals surface area contributed by atoms with Gasteiger partial charge in [-0.3, -0.25) is 0 Å². The number of ether oxygens (including phenoxy) is 1. The summed E-state index contributed by atoms with van der Waals surface area (Å²) in [5, 5.41) is 16.4. The molecule has 6 nitrogen and oxygen atoms in total. The van der Waals surface area contributed by atoms with Crippen molar-refractivity contribution in [3.63, 3.8) is 0 Å². The summed E-state index contributed by atoms with van der Waals surface area (Å²) < 4.78 is 5.55. The predicted molar refractivity (Wildman–Crippen MR) is 96.2 cm³/mol. The molecule has 1 heterocycles. The fourth-order valence-electron chi connectivity index (χ4n) is 2.72. The molecule has 1 aromatic heterocycles. The van der Waals surface area contributed by atoms with Gasteiger partial charge in [0, 0.05) is 24.8 Å². The van der Waals surface area contributed by atoms with Gasteiger partial charge >= 0.3 is 0 Å². The van der Waals surface area contributed by atoms with Crippen molar-refractivity contribution in [2.24, 2.45) is 4.99 Å². The van der Waals surface area contributed by atoms with Crippen molar-refractivity contribution in [3.05, 3.63) is 23.9 Å². The number of aliphatic hydroxyl groups is 1. The van der Waals surface area contributed by atoms with E-state index in [1.165, 1.54) is 0 Å². The van der Waals surface area contributed by atoms with Gasteiger partial charge in [-0.2, -0.15) is 0 Å². The topological polar surface area (TPSA) is 78.8 Å². The minimum absolute atomic E-state index is 0.125. The van der Waals surface area contributed by atoms with E-state index in [9.17, 15) is 5.11 Å². The lowest BCUT2D eigenvalue weighted by atomic mass is 9.93. The van der Waals surface area contributed by atoms with Gasteiger partial charge in [0.1, 0.15) is 0 Å². The molecule has 0 spiro atoms. The molecule has 0 saturated heterocycles. The van der Waals surface area contributed by atoms with Crippen molar-refractivity contribution in [2.45, 2.75) is 71.2 Å². The van der Waals surface area contributed by atoms with Crippen molar-refractivity contribution >= 4 is 5.96 Å². The van der Waals surface area contributed by atoms with E-state index in [4.69, 9.17) is 4.74 Å². The standard InChI is InChI=1S/C18H30N4O2/c1-4-19-18(22-15-6-8-16(23)9-7-15)21-12-14-5-10-17(20-11-14)24-13(2)3/h5,10-11,13,15-16,23H,4,6-9,12H2,1-3H3,(H2,19,21,22). The Hall–Kier alpha value is -1.82. The Kier molecular flexibility index (Phi) is 7.31. The molecule has 0 aliphatic heterocycles. The van der Waals surface area contributed by atoms with Gasteiger partial charge in [-0.15, -0.1) is 0 Å². The first-order valence-electron chi connectivity index (χ1n) is 8.91. The van der Waals surface area contributed by atoms with E-state index >= 15 is 0 Å². The highest BCUT2D eigenvalue weighted by molar-refractivity contribution is 5.80. The quantitative estimate of drug-likeness (QED) is 0.549. The number of nitrogens with one attached hydrogen (secondary N) is 2. The number of guanidine groups is 1. The van der Waals surface area contributed by atoms with E-state index in [0.29, 0.717) is 18.5 Å². The molecule has 1 fully saturated rings. The smallest absolute Gasteiger partial charge is 0.213 e. The molecule has 3 N–H and O–H groups in total. The van der Waals surface area contributed by atoms with Crippen molar-refractivity contribution in [2.75, 3.05) is 6.54 Å². The molecule has 0 atom stereocenters. The number of aliphatic hydroxyl groups excluding tert-OH is 1. The number of aromatic nitrogens is 1. The van der Waals surface area contributed by atoms with Crippen molar-refractivity contribution in [1.29, 1.82) is 0 Å². The molecule has 0 unspecified atom stereocenters. The zero-order valence-corrected chi connectivity index (χ0v) is 15.0. The van der Waals surface area contributed by atoms with Gasteiger partial charge in [0.2, 0.25) is 5.88 Å². The molecular weight excluding hydrogens is 304 g/mol. The minimum Gasteiger partial charge on any atom is -0.475 e. The lowest BCUT2D eigenvalue weighted by molar-refractivity contribution is 0.120. The zero-order valence-electron chi connectivity index (χ0n) is 15.0. The zero-order chi connectivity index (χ0) is 17.4. The number of pyridine rings is 1. The van der Waals surface area contributed by atoms with E-state index < -0.39 is 0 Å². The molecular formula is C18H30N4O2. The highest BCUT2D eigenvalue weighted by Gasteiger charge is 2.19. The molecule has 0 bridgehead atoms. The van der Waals surface area contributed by atoms with Crippen molar-refractivity contribution < 1.29 is 9.84 Å². The van der Waals surface area contributed by atoms with Crippen LogP contribution in [0.3, 0.4) is 0 Å². The SMILES string of the molecule is CCNC(=NCc1ccc(OC(C)C)nc1)NC1CCC(O)CC1. The number of rotatable bonds is 6. The van der Waals surface area contributed by atoms with Gasteiger partial charge in [0.25, 0.3) is 0 Å². The van der Waals surface area contributed by atoms with Gasteiger partial charge < -0.3 is 20.5 Å². The summed E-state index contributed by atoms with van der Waals surface area (Å²) in [7, 11) is 0. The molecule has 1 saturated carbocycles. The predicted octanol–water partition coefficient (Wildman–Crippen LogP) is 2.23. The fraction of sp³-hybridized carbons (Fsp3) is 0.667. The maximum absolute atomic E-state index is 9.60. The number of hydrogen-bond donors (Lipinski definition) is 3. The number of aliphatic imine (C=N–C) groups is 1. The maximum Gasteiger partial charge on any atom is 0.213 e. The second-order valence-corrected chi connectivity index (χ2v) is 6.52. The molecule has 1 aliphatic carbocycles. The second-order valence-electron chi connectivity index (χ2n) is 6.52. The normalized spacial score (nSPS) is 21.6. The van der Waals surface area contributed by atoms with Gasteiger partial charge in [-0.1, -0.05) is 6.07 Å². The van der Waals surface area contributed by atoms with E-state index in [0.717, 1.165) is 43.8 Å². The van der Waals surface area contributed by atoms with Crippen LogP contribution in [0.25, 0.3) is 0 Å². The molecule has 6 heteroatoms. The van der Waals surface area contributed by atoms with Gasteiger partial charge in [-0.05, 0) is 52.0 Å². The minimum atomic E-state index is -0.139. The van der Waals surface area contributed by atoms with Crippen LogP contribution in [0.1, 0.15) is 52.0 Å². The van der Waals surface area contributed by atoms with E-state index in [1.807, 2.05) is 32.2 Å². The van der Waals surface area contributed by atoms with Gasteiger partial charge in [-0.25, -0.2) is 9.98 Å². The summed E-state index contributed by atoms with van der Waals surface area (Å²) in [4.78, 5) is 8.95. The third-order valence-corrected chi connectivity index (χ3v) is 3.96. The van der Waals surface area contributed by atoms with Crippen LogP contribution < -0.4 is 15.4 Å². The largest absolute Gasteiger partial charge is 0.475 e. The first kappa shape index (κ1) is 18.5. The summed E-state index contributed by atoms with van der Waals surface area (Å²) in [6.45, 7) is 7.42. The van der Waals surface area contributed by atoms with E-state index in [-0.39, 0.29) is 12.2 Å².